The van der Waals surface area contributed by atoms with E-state index in [2.05, 4.69) is 16.5 Å². The summed E-state index contributed by atoms with van der Waals surface area (Å²) in [7, 11) is 3.29. The number of anilines is 1. The largest absolute Gasteiger partial charge is 0.481 e. The van der Waals surface area contributed by atoms with Gasteiger partial charge in [0, 0.05) is 12.7 Å². The van der Waals surface area contributed by atoms with Crippen LogP contribution in [0.3, 0.4) is 0 Å². The molecule has 6 heteroatoms. The molecule has 1 heterocycles. The third-order valence-electron chi connectivity index (χ3n) is 2.98. The van der Waals surface area contributed by atoms with Crippen molar-refractivity contribution in [3.8, 4) is 11.9 Å². The van der Waals surface area contributed by atoms with Gasteiger partial charge in [0.2, 0.25) is 5.88 Å². The number of aromatic nitrogens is 2. The lowest BCUT2D eigenvalue weighted by molar-refractivity contribution is 0.369. The zero-order chi connectivity index (χ0) is 14.7. The highest BCUT2D eigenvalue weighted by atomic mass is 19.1. The van der Waals surface area contributed by atoms with E-state index in [1.54, 1.807) is 23.9 Å². The van der Waals surface area contributed by atoms with E-state index < -0.39 is 6.04 Å². The Morgan fingerprint density at radius 1 is 1.40 bits per heavy atom. The molecule has 104 valence electrons. The normalized spacial score (nSPS) is 11.8. The number of nitriles is 1. The summed E-state index contributed by atoms with van der Waals surface area (Å²) in [5.74, 6) is 0.211. The van der Waals surface area contributed by atoms with Crippen LogP contribution < -0.4 is 10.1 Å². The summed E-state index contributed by atoms with van der Waals surface area (Å²) < 4.78 is 19.8. The third-order valence-corrected chi connectivity index (χ3v) is 2.98. The highest BCUT2D eigenvalue weighted by molar-refractivity contribution is 5.50. The summed E-state index contributed by atoms with van der Waals surface area (Å²) in [5.41, 5.74) is 2.05. The van der Waals surface area contributed by atoms with Crippen molar-refractivity contribution in [3.05, 3.63) is 41.3 Å². The Kier molecular flexibility index (Phi) is 3.89. The number of ether oxygens (including phenoxy) is 1. The van der Waals surface area contributed by atoms with Crippen molar-refractivity contribution < 1.29 is 9.13 Å². The van der Waals surface area contributed by atoms with Crippen LogP contribution in [0.1, 0.15) is 17.3 Å². The summed E-state index contributed by atoms with van der Waals surface area (Å²) in [6.45, 7) is 1.81. The Bertz CT molecular complexity index is 642. The van der Waals surface area contributed by atoms with Crippen LogP contribution in [0.2, 0.25) is 0 Å². The molecule has 1 atom stereocenters. The molecule has 0 fully saturated rings. The molecule has 0 saturated carbocycles. The van der Waals surface area contributed by atoms with Gasteiger partial charge < -0.3 is 10.1 Å². The highest BCUT2D eigenvalue weighted by Gasteiger charge is 2.23. The maximum absolute atomic E-state index is 12.9. The van der Waals surface area contributed by atoms with Crippen LogP contribution in [0.15, 0.2) is 24.3 Å². The van der Waals surface area contributed by atoms with Crippen molar-refractivity contribution in [2.75, 3.05) is 12.4 Å². The molecule has 1 unspecified atom stereocenters. The quantitative estimate of drug-likeness (QED) is 0.930. The van der Waals surface area contributed by atoms with E-state index in [1.165, 1.54) is 19.2 Å². The lowest BCUT2D eigenvalue weighted by Crippen LogP contribution is -2.10. The fourth-order valence-corrected chi connectivity index (χ4v) is 2.11. The first-order valence-electron chi connectivity index (χ1n) is 6.06. The van der Waals surface area contributed by atoms with Crippen molar-refractivity contribution in [1.29, 1.82) is 5.26 Å². The summed E-state index contributed by atoms with van der Waals surface area (Å²) in [6.07, 6.45) is 0. The minimum atomic E-state index is -0.621. The lowest BCUT2D eigenvalue weighted by atomic mass is 10.1. The topological polar surface area (TPSA) is 62.9 Å². The van der Waals surface area contributed by atoms with Crippen molar-refractivity contribution in [2.45, 2.75) is 13.0 Å². The number of nitrogens with zero attached hydrogens (tertiary/aromatic N) is 3. The van der Waals surface area contributed by atoms with E-state index in [0.29, 0.717) is 22.8 Å². The number of hydrogen-bond donors (Lipinski definition) is 1. The predicted octanol–water partition coefficient (Wildman–Crippen LogP) is 2.55. The van der Waals surface area contributed by atoms with Crippen LogP contribution in [-0.2, 0) is 7.05 Å². The number of aryl methyl sites for hydroxylation is 2. The van der Waals surface area contributed by atoms with Crippen LogP contribution in [0.25, 0.3) is 0 Å². The Balaban J connectivity index is 2.34. The molecule has 1 N–H and O–H groups in total. The first kappa shape index (κ1) is 13.9. The molecule has 20 heavy (non-hydrogen) atoms. The van der Waals surface area contributed by atoms with Gasteiger partial charge in [-0.1, -0.05) is 0 Å². The molecule has 0 aliphatic carbocycles. The SMILES string of the molecule is COc1c(C(C#N)Nc2ccc(F)cc2)c(C)nn1C. The lowest BCUT2D eigenvalue weighted by Gasteiger charge is -2.14. The van der Waals surface area contributed by atoms with E-state index in [0.717, 1.165) is 0 Å². The molecular formula is C14H15FN4O. The number of benzene rings is 1. The summed E-state index contributed by atoms with van der Waals surface area (Å²) in [6, 6.07) is 7.39. The van der Waals surface area contributed by atoms with E-state index in [1.807, 2.05) is 6.92 Å². The Labute approximate surface area is 116 Å². The van der Waals surface area contributed by atoms with Gasteiger partial charge in [0.25, 0.3) is 0 Å². The molecule has 0 saturated heterocycles. The average Bonchev–Trinajstić information content (AvgIpc) is 2.72. The highest BCUT2D eigenvalue weighted by Crippen LogP contribution is 2.30. The molecule has 0 amide bonds. The second-order valence-electron chi connectivity index (χ2n) is 4.35. The first-order valence-corrected chi connectivity index (χ1v) is 6.06. The molecule has 0 aliphatic rings. The smallest absolute Gasteiger partial charge is 0.218 e. The second-order valence-corrected chi connectivity index (χ2v) is 4.35. The number of methoxy groups -OCH3 is 1. The van der Waals surface area contributed by atoms with E-state index in [4.69, 9.17) is 4.74 Å². The molecule has 5 nitrogen and oxygen atoms in total. The Morgan fingerprint density at radius 2 is 2.05 bits per heavy atom. The van der Waals surface area contributed by atoms with Crippen LogP contribution in [0.5, 0.6) is 5.88 Å². The summed E-state index contributed by atoms with van der Waals surface area (Å²) >= 11 is 0. The molecule has 2 aromatic rings. The van der Waals surface area contributed by atoms with Crippen molar-refractivity contribution in [2.24, 2.45) is 7.05 Å². The molecule has 1 aromatic carbocycles. The maximum Gasteiger partial charge on any atom is 0.218 e. The minimum Gasteiger partial charge on any atom is -0.481 e. The van der Waals surface area contributed by atoms with Crippen molar-refractivity contribution in [1.82, 2.24) is 9.78 Å². The number of nitrogens with one attached hydrogen (secondary N) is 1. The summed E-state index contributed by atoms with van der Waals surface area (Å²) in [5, 5.41) is 16.7. The van der Waals surface area contributed by atoms with Gasteiger partial charge >= 0.3 is 0 Å². The van der Waals surface area contributed by atoms with E-state index in [-0.39, 0.29) is 5.82 Å². The molecule has 1 aromatic heterocycles. The van der Waals surface area contributed by atoms with Gasteiger partial charge in [0.1, 0.15) is 11.9 Å². The maximum atomic E-state index is 12.9. The monoisotopic (exact) mass is 274 g/mol. The second kappa shape index (κ2) is 5.61. The predicted molar refractivity (Wildman–Crippen MR) is 72.9 cm³/mol. The molecule has 0 radical (unpaired) electrons. The summed E-state index contributed by atoms with van der Waals surface area (Å²) in [4.78, 5) is 0. The van der Waals surface area contributed by atoms with Gasteiger partial charge in [-0.2, -0.15) is 10.4 Å². The van der Waals surface area contributed by atoms with Crippen LogP contribution in [0.4, 0.5) is 10.1 Å². The average molecular weight is 274 g/mol. The number of rotatable bonds is 4. The van der Waals surface area contributed by atoms with Gasteiger partial charge in [-0.15, -0.1) is 0 Å². The van der Waals surface area contributed by atoms with Crippen LogP contribution in [0, 0.1) is 24.1 Å². The molecule has 0 spiro atoms. The van der Waals surface area contributed by atoms with Crippen molar-refractivity contribution in [3.63, 3.8) is 0 Å². The number of halogens is 1. The minimum absolute atomic E-state index is 0.320. The Hall–Kier alpha value is -2.55. The first-order chi connectivity index (χ1) is 9.56. The third kappa shape index (κ3) is 2.57. The van der Waals surface area contributed by atoms with Gasteiger partial charge in [-0.3, -0.25) is 0 Å². The van der Waals surface area contributed by atoms with Gasteiger partial charge in [-0.25, -0.2) is 9.07 Å². The zero-order valence-corrected chi connectivity index (χ0v) is 11.5. The Morgan fingerprint density at radius 3 is 2.60 bits per heavy atom. The molecule has 0 aliphatic heterocycles. The zero-order valence-electron chi connectivity index (χ0n) is 11.5. The van der Waals surface area contributed by atoms with Crippen LogP contribution in [-0.4, -0.2) is 16.9 Å². The van der Waals surface area contributed by atoms with Gasteiger partial charge in [-0.05, 0) is 31.2 Å². The van der Waals surface area contributed by atoms with Gasteiger partial charge in [0.05, 0.1) is 24.4 Å². The van der Waals surface area contributed by atoms with E-state index >= 15 is 0 Å². The number of hydrogen-bond acceptors (Lipinski definition) is 4. The molecule has 0 bridgehead atoms. The van der Waals surface area contributed by atoms with Gasteiger partial charge in [0.15, 0.2) is 0 Å². The fraction of sp³-hybridized carbons (Fsp3) is 0.286. The standard InChI is InChI=1S/C14H15FN4O/c1-9-13(14(20-3)19(2)18-9)12(8-16)17-11-6-4-10(15)5-7-11/h4-7,12,17H,1-3H3. The van der Waals surface area contributed by atoms with Crippen molar-refractivity contribution >= 4 is 5.69 Å². The van der Waals surface area contributed by atoms with Crippen LogP contribution >= 0.6 is 0 Å². The van der Waals surface area contributed by atoms with E-state index in [9.17, 15) is 9.65 Å². The fourth-order valence-electron chi connectivity index (χ4n) is 2.11. The molecular weight excluding hydrogens is 259 g/mol. The molecule has 2 rings (SSSR count).